The van der Waals surface area contributed by atoms with E-state index in [0.29, 0.717) is 5.92 Å². The van der Waals surface area contributed by atoms with Crippen molar-refractivity contribution in [3.63, 3.8) is 0 Å². The standard InChI is InChI=1S/C19H37NO4/c1-13(2)16(21)12-17(22)15(11-14-9-7-6-8-10-14)20-18(23)24-19(3,4)5/h13-17,21-22H,6-12H2,1-5H3,(H,20,23)/t15-,16-,17-/m0/s1. The van der Waals surface area contributed by atoms with Gasteiger partial charge < -0.3 is 20.3 Å². The summed E-state index contributed by atoms with van der Waals surface area (Å²) in [6.45, 7) is 9.31. The molecule has 0 aromatic carbocycles. The summed E-state index contributed by atoms with van der Waals surface area (Å²) in [5.74, 6) is 0.598. The van der Waals surface area contributed by atoms with Crippen LogP contribution in [0.3, 0.4) is 0 Å². The van der Waals surface area contributed by atoms with Crippen LogP contribution >= 0.6 is 0 Å². The molecule has 1 amide bonds. The van der Waals surface area contributed by atoms with Crippen molar-refractivity contribution in [2.24, 2.45) is 11.8 Å². The molecular formula is C19H37NO4. The maximum atomic E-state index is 12.1. The van der Waals surface area contributed by atoms with Gasteiger partial charge in [0.25, 0.3) is 0 Å². The van der Waals surface area contributed by atoms with Crippen molar-refractivity contribution in [1.82, 2.24) is 5.32 Å². The number of carbonyl (C=O) groups excluding carboxylic acids is 1. The highest BCUT2D eigenvalue weighted by molar-refractivity contribution is 5.68. The molecule has 1 aliphatic rings. The molecule has 0 heterocycles. The van der Waals surface area contributed by atoms with Crippen molar-refractivity contribution in [2.45, 2.75) is 103 Å². The second-order valence-electron chi connectivity index (χ2n) is 8.61. The number of hydrogen-bond acceptors (Lipinski definition) is 4. The van der Waals surface area contributed by atoms with E-state index in [-0.39, 0.29) is 18.4 Å². The number of aliphatic hydroxyl groups excluding tert-OH is 2. The van der Waals surface area contributed by atoms with Crippen molar-refractivity contribution in [3.8, 4) is 0 Å². The molecule has 0 radical (unpaired) electrons. The van der Waals surface area contributed by atoms with E-state index in [1.54, 1.807) is 0 Å². The third-order valence-corrected chi connectivity index (χ3v) is 4.73. The molecule has 0 aliphatic heterocycles. The number of carbonyl (C=O) groups is 1. The van der Waals surface area contributed by atoms with Crippen LogP contribution in [0.25, 0.3) is 0 Å². The lowest BCUT2D eigenvalue weighted by molar-refractivity contribution is 0.0165. The molecule has 0 aromatic heterocycles. The summed E-state index contributed by atoms with van der Waals surface area (Å²) < 4.78 is 5.34. The summed E-state index contributed by atoms with van der Waals surface area (Å²) in [6, 6.07) is -0.378. The van der Waals surface area contributed by atoms with Gasteiger partial charge in [0.15, 0.2) is 0 Å². The van der Waals surface area contributed by atoms with E-state index in [4.69, 9.17) is 4.74 Å². The fourth-order valence-electron chi connectivity index (χ4n) is 3.24. The Hall–Kier alpha value is -0.810. The molecule has 0 unspecified atom stereocenters. The van der Waals surface area contributed by atoms with Crippen LogP contribution in [-0.2, 0) is 4.74 Å². The third-order valence-electron chi connectivity index (χ3n) is 4.73. The molecule has 24 heavy (non-hydrogen) atoms. The van der Waals surface area contributed by atoms with Crippen molar-refractivity contribution >= 4 is 6.09 Å². The van der Waals surface area contributed by atoms with Crippen LogP contribution in [0, 0.1) is 11.8 Å². The first kappa shape index (κ1) is 21.2. The zero-order chi connectivity index (χ0) is 18.3. The van der Waals surface area contributed by atoms with Crippen molar-refractivity contribution < 1.29 is 19.7 Å². The minimum absolute atomic E-state index is 0.0801. The van der Waals surface area contributed by atoms with Crippen LogP contribution in [0.2, 0.25) is 0 Å². The predicted octanol–water partition coefficient (Wildman–Crippen LogP) is 3.62. The lowest BCUT2D eigenvalue weighted by Crippen LogP contribution is -2.47. The van der Waals surface area contributed by atoms with Crippen LogP contribution in [0.15, 0.2) is 0 Å². The van der Waals surface area contributed by atoms with Crippen molar-refractivity contribution in [2.75, 3.05) is 0 Å². The van der Waals surface area contributed by atoms with E-state index in [9.17, 15) is 15.0 Å². The van der Waals surface area contributed by atoms with Crippen LogP contribution in [0.1, 0.15) is 79.6 Å². The zero-order valence-electron chi connectivity index (χ0n) is 16.0. The average molecular weight is 344 g/mol. The Labute approximate surface area is 147 Å². The number of rotatable bonds is 7. The van der Waals surface area contributed by atoms with E-state index in [0.717, 1.165) is 19.3 Å². The molecule has 142 valence electrons. The highest BCUT2D eigenvalue weighted by atomic mass is 16.6. The van der Waals surface area contributed by atoms with Crippen LogP contribution < -0.4 is 5.32 Å². The van der Waals surface area contributed by atoms with Gasteiger partial charge in [-0.05, 0) is 39.0 Å². The third kappa shape index (κ3) is 8.34. The van der Waals surface area contributed by atoms with Gasteiger partial charge in [-0.2, -0.15) is 0 Å². The van der Waals surface area contributed by atoms with E-state index >= 15 is 0 Å². The van der Waals surface area contributed by atoms with Gasteiger partial charge in [-0.15, -0.1) is 0 Å². The van der Waals surface area contributed by atoms with E-state index in [1.807, 2.05) is 34.6 Å². The van der Waals surface area contributed by atoms with Gasteiger partial charge in [-0.25, -0.2) is 4.79 Å². The lowest BCUT2D eigenvalue weighted by atomic mass is 9.82. The van der Waals surface area contributed by atoms with Crippen molar-refractivity contribution in [3.05, 3.63) is 0 Å². The van der Waals surface area contributed by atoms with Gasteiger partial charge >= 0.3 is 6.09 Å². The molecule has 1 fully saturated rings. The van der Waals surface area contributed by atoms with E-state index in [1.165, 1.54) is 19.3 Å². The van der Waals surface area contributed by atoms with Gasteiger partial charge in [0.05, 0.1) is 18.2 Å². The monoisotopic (exact) mass is 343 g/mol. The zero-order valence-corrected chi connectivity index (χ0v) is 16.0. The maximum absolute atomic E-state index is 12.1. The maximum Gasteiger partial charge on any atom is 0.407 e. The van der Waals surface area contributed by atoms with E-state index in [2.05, 4.69) is 5.32 Å². The van der Waals surface area contributed by atoms with Gasteiger partial charge in [-0.1, -0.05) is 46.0 Å². The molecule has 5 nitrogen and oxygen atoms in total. The van der Waals surface area contributed by atoms with Crippen LogP contribution in [0.5, 0.6) is 0 Å². The topological polar surface area (TPSA) is 78.8 Å². The fourth-order valence-corrected chi connectivity index (χ4v) is 3.24. The van der Waals surface area contributed by atoms with Gasteiger partial charge in [0, 0.05) is 6.42 Å². The average Bonchev–Trinajstić information content (AvgIpc) is 2.45. The Kier molecular flexibility index (Phi) is 8.51. The largest absolute Gasteiger partial charge is 0.444 e. The van der Waals surface area contributed by atoms with Crippen LogP contribution in [-0.4, -0.2) is 40.2 Å². The summed E-state index contributed by atoms with van der Waals surface area (Å²) in [4.78, 5) is 12.1. The van der Waals surface area contributed by atoms with Gasteiger partial charge in [0.2, 0.25) is 0 Å². The van der Waals surface area contributed by atoms with Crippen LogP contribution in [0.4, 0.5) is 4.79 Å². The summed E-state index contributed by atoms with van der Waals surface area (Å²) in [5.41, 5.74) is -0.568. The fraction of sp³-hybridized carbons (Fsp3) is 0.947. The number of ether oxygens (including phenoxy) is 1. The van der Waals surface area contributed by atoms with Gasteiger partial charge in [0.1, 0.15) is 5.60 Å². The Balaban J connectivity index is 2.68. The predicted molar refractivity (Wildman–Crippen MR) is 95.8 cm³/mol. The number of alkyl carbamates (subject to hydrolysis) is 1. The highest BCUT2D eigenvalue weighted by Crippen LogP contribution is 2.29. The minimum Gasteiger partial charge on any atom is -0.444 e. The summed E-state index contributed by atoms with van der Waals surface area (Å²) in [7, 11) is 0. The molecule has 1 saturated carbocycles. The summed E-state index contributed by atoms with van der Waals surface area (Å²) >= 11 is 0. The Morgan fingerprint density at radius 2 is 1.71 bits per heavy atom. The second kappa shape index (κ2) is 9.62. The first-order valence-electron chi connectivity index (χ1n) is 9.44. The molecule has 0 bridgehead atoms. The molecule has 1 aliphatic carbocycles. The molecule has 3 atom stereocenters. The van der Waals surface area contributed by atoms with E-state index < -0.39 is 23.9 Å². The first-order chi connectivity index (χ1) is 11.1. The quantitative estimate of drug-likeness (QED) is 0.660. The molecule has 3 N–H and O–H groups in total. The number of hydrogen-bond donors (Lipinski definition) is 3. The molecule has 0 aromatic rings. The SMILES string of the molecule is CC(C)[C@@H](O)C[C@H](O)[C@H](CC1CCCCC1)NC(=O)OC(C)(C)C. The first-order valence-corrected chi connectivity index (χ1v) is 9.44. The molecule has 1 rings (SSSR count). The molecule has 0 saturated heterocycles. The van der Waals surface area contributed by atoms with Crippen molar-refractivity contribution in [1.29, 1.82) is 0 Å². The Morgan fingerprint density at radius 1 is 1.12 bits per heavy atom. The smallest absolute Gasteiger partial charge is 0.407 e. The number of aliphatic hydroxyl groups is 2. The normalized spacial score (nSPS) is 20.5. The Morgan fingerprint density at radius 3 is 2.21 bits per heavy atom. The minimum atomic E-state index is -0.767. The molecular weight excluding hydrogens is 306 g/mol. The highest BCUT2D eigenvalue weighted by Gasteiger charge is 2.29. The Bertz CT molecular complexity index is 372. The molecule has 0 spiro atoms. The second-order valence-corrected chi connectivity index (χ2v) is 8.61. The number of amides is 1. The summed E-state index contributed by atoms with van der Waals surface area (Å²) in [5, 5.41) is 23.5. The molecule has 5 heteroatoms. The summed E-state index contributed by atoms with van der Waals surface area (Å²) in [6.07, 6.45) is 5.17. The van der Waals surface area contributed by atoms with Gasteiger partial charge in [-0.3, -0.25) is 0 Å². The number of nitrogens with one attached hydrogen (secondary N) is 1. The lowest BCUT2D eigenvalue weighted by Gasteiger charge is -2.32.